The normalized spacial score (nSPS) is 10.3. The summed E-state index contributed by atoms with van der Waals surface area (Å²) >= 11 is 1.56. The molecule has 1 heterocycles. The number of fused-ring (bicyclic) bond motifs is 1. The summed E-state index contributed by atoms with van der Waals surface area (Å²) in [5, 5.41) is 9.76. The van der Waals surface area contributed by atoms with Gasteiger partial charge in [-0.05, 0) is 31.0 Å². The zero-order valence-electron chi connectivity index (χ0n) is 9.32. The Balaban J connectivity index is 2.61. The molecule has 0 radical (unpaired) electrons. The molecule has 1 aromatic heterocycles. The fourth-order valence-corrected chi connectivity index (χ4v) is 2.37. The third kappa shape index (κ3) is 1.89. The first-order chi connectivity index (χ1) is 7.74. The molecule has 3 heteroatoms. The van der Waals surface area contributed by atoms with Crippen LogP contribution in [-0.4, -0.2) is 10.7 Å². The van der Waals surface area contributed by atoms with Crippen molar-refractivity contribution < 1.29 is 0 Å². The minimum Gasteiger partial charge on any atom is -0.256 e. The molecule has 0 atom stereocenters. The van der Waals surface area contributed by atoms with Crippen molar-refractivity contribution in [3.63, 3.8) is 0 Å². The van der Waals surface area contributed by atoms with E-state index in [1.165, 1.54) is 11.1 Å². The van der Waals surface area contributed by atoms with Crippen molar-refractivity contribution in [1.82, 2.24) is 4.98 Å². The standard InChI is InChI=1S/C13H12N2S/c1-9-3-4-11-12(16-8-6-14)5-7-15-13(11)10(9)2/h3-5,7H,8H2,1-2H3. The molecule has 2 nitrogen and oxygen atoms in total. The fourth-order valence-electron chi connectivity index (χ4n) is 1.67. The quantitative estimate of drug-likeness (QED) is 0.738. The summed E-state index contributed by atoms with van der Waals surface area (Å²) < 4.78 is 0. The Morgan fingerprint density at radius 3 is 2.88 bits per heavy atom. The minimum absolute atomic E-state index is 0.478. The Labute approximate surface area is 99.3 Å². The molecule has 16 heavy (non-hydrogen) atoms. The lowest BCUT2D eigenvalue weighted by molar-refractivity contribution is 1.28. The predicted octanol–water partition coefficient (Wildman–Crippen LogP) is 3.47. The third-order valence-corrected chi connectivity index (χ3v) is 3.63. The van der Waals surface area contributed by atoms with Crippen molar-refractivity contribution in [2.75, 3.05) is 5.75 Å². The fraction of sp³-hybridized carbons (Fsp3) is 0.231. The van der Waals surface area contributed by atoms with Gasteiger partial charge in [0.25, 0.3) is 0 Å². The van der Waals surface area contributed by atoms with Gasteiger partial charge in [-0.3, -0.25) is 4.98 Å². The number of nitriles is 1. The van der Waals surface area contributed by atoms with Crippen LogP contribution in [0.2, 0.25) is 0 Å². The van der Waals surface area contributed by atoms with Crippen molar-refractivity contribution in [2.45, 2.75) is 18.7 Å². The van der Waals surface area contributed by atoms with E-state index in [4.69, 9.17) is 5.26 Å². The number of nitrogens with zero attached hydrogens (tertiary/aromatic N) is 2. The van der Waals surface area contributed by atoms with Crippen LogP contribution in [0.5, 0.6) is 0 Å². The first kappa shape index (κ1) is 11.0. The number of hydrogen-bond donors (Lipinski definition) is 0. The van der Waals surface area contributed by atoms with Crippen LogP contribution in [0, 0.1) is 25.2 Å². The number of benzene rings is 1. The lowest BCUT2D eigenvalue weighted by atomic mass is 10.1. The molecule has 0 saturated heterocycles. The highest BCUT2D eigenvalue weighted by molar-refractivity contribution is 7.99. The van der Waals surface area contributed by atoms with E-state index < -0.39 is 0 Å². The first-order valence-corrected chi connectivity index (χ1v) is 6.07. The molecule has 0 aliphatic carbocycles. The molecule has 0 saturated carbocycles. The zero-order chi connectivity index (χ0) is 11.5. The molecule has 2 aromatic rings. The minimum atomic E-state index is 0.478. The topological polar surface area (TPSA) is 36.7 Å². The Morgan fingerprint density at radius 2 is 2.12 bits per heavy atom. The van der Waals surface area contributed by atoms with Crippen LogP contribution in [0.15, 0.2) is 29.3 Å². The maximum atomic E-state index is 8.61. The van der Waals surface area contributed by atoms with E-state index in [0.29, 0.717) is 5.75 Å². The van der Waals surface area contributed by atoms with Gasteiger partial charge in [0.1, 0.15) is 0 Å². The van der Waals surface area contributed by atoms with Crippen molar-refractivity contribution in [2.24, 2.45) is 0 Å². The highest BCUT2D eigenvalue weighted by Gasteiger charge is 2.05. The molecule has 0 aliphatic rings. The second-order valence-corrected chi connectivity index (χ2v) is 4.68. The van der Waals surface area contributed by atoms with Crippen LogP contribution in [-0.2, 0) is 0 Å². The van der Waals surface area contributed by atoms with Crippen molar-refractivity contribution in [3.8, 4) is 6.07 Å². The number of aromatic nitrogens is 1. The van der Waals surface area contributed by atoms with Crippen LogP contribution in [0.3, 0.4) is 0 Å². The summed E-state index contributed by atoms with van der Waals surface area (Å²) in [5.74, 6) is 0.478. The average molecular weight is 228 g/mol. The van der Waals surface area contributed by atoms with E-state index >= 15 is 0 Å². The van der Waals surface area contributed by atoms with Crippen LogP contribution in [0.4, 0.5) is 0 Å². The Morgan fingerprint density at radius 1 is 1.31 bits per heavy atom. The van der Waals surface area contributed by atoms with Gasteiger partial charge >= 0.3 is 0 Å². The second kappa shape index (κ2) is 4.54. The van der Waals surface area contributed by atoms with Crippen LogP contribution in [0.25, 0.3) is 10.9 Å². The molecule has 0 fully saturated rings. The van der Waals surface area contributed by atoms with E-state index in [0.717, 1.165) is 15.8 Å². The molecule has 1 aromatic carbocycles. The van der Waals surface area contributed by atoms with E-state index in [1.54, 1.807) is 11.8 Å². The molecule has 0 aliphatic heterocycles. The maximum Gasteiger partial charge on any atom is 0.0855 e. The van der Waals surface area contributed by atoms with E-state index in [-0.39, 0.29) is 0 Å². The average Bonchev–Trinajstić information content (AvgIpc) is 2.31. The zero-order valence-corrected chi connectivity index (χ0v) is 10.1. The van der Waals surface area contributed by atoms with Gasteiger partial charge in [0.15, 0.2) is 0 Å². The van der Waals surface area contributed by atoms with Crippen molar-refractivity contribution in [3.05, 3.63) is 35.5 Å². The Kier molecular flexibility index (Phi) is 3.12. The molecule has 0 N–H and O–H groups in total. The highest BCUT2D eigenvalue weighted by Crippen LogP contribution is 2.28. The number of thioether (sulfide) groups is 1. The Hall–Kier alpha value is -1.53. The second-order valence-electron chi connectivity index (χ2n) is 3.66. The van der Waals surface area contributed by atoms with Gasteiger partial charge < -0.3 is 0 Å². The SMILES string of the molecule is Cc1ccc2c(SCC#N)ccnc2c1C. The van der Waals surface area contributed by atoms with Gasteiger partial charge in [-0.2, -0.15) is 5.26 Å². The van der Waals surface area contributed by atoms with Gasteiger partial charge in [-0.15, -0.1) is 11.8 Å². The summed E-state index contributed by atoms with van der Waals surface area (Å²) in [7, 11) is 0. The molecular formula is C13H12N2S. The lowest BCUT2D eigenvalue weighted by Crippen LogP contribution is -1.89. The van der Waals surface area contributed by atoms with Gasteiger partial charge in [-0.25, -0.2) is 0 Å². The maximum absolute atomic E-state index is 8.61. The number of pyridine rings is 1. The van der Waals surface area contributed by atoms with E-state index in [2.05, 4.69) is 37.0 Å². The molecule has 2 rings (SSSR count). The van der Waals surface area contributed by atoms with Gasteiger partial charge in [0, 0.05) is 16.5 Å². The molecule has 0 bridgehead atoms. The first-order valence-electron chi connectivity index (χ1n) is 5.08. The van der Waals surface area contributed by atoms with Gasteiger partial charge in [0.05, 0.1) is 17.3 Å². The van der Waals surface area contributed by atoms with E-state index in [1.807, 2.05) is 12.3 Å². The lowest BCUT2D eigenvalue weighted by Gasteiger charge is -2.07. The van der Waals surface area contributed by atoms with Crippen LogP contribution < -0.4 is 0 Å². The van der Waals surface area contributed by atoms with Crippen LogP contribution >= 0.6 is 11.8 Å². The summed E-state index contributed by atoms with van der Waals surface area (Å²) in [5.41, 5.74) is 3.52. The molecule has 0 unspecified atom stereocenters. The molecule has 0 spiro atoms. The molecular weight excluding hydrogens is 216 g/mol. The predicted molar refractivity (Wildman–Crippen MR) is 67.6 cm³/mol. The van der Waals surface area contributed by atoms with Crippen molar-refractivity contribution >= 4 is 22.7 Å². The van der Waals surface area contributed by atoms with Crippen LogP contribution in [0.1, 0.15) is 11.1 Å². The number of aryl methyl sites for hydroxylation is 2. The summed E-state index contributed by atoms with van der Waals surface area (Å²) in [6, 6.07) is 8.32. The van der Waals surface area contributed by atoms with E-state index in [9.17, 15) is 0 Å². The largest absolute Gasteiger partial charge is 0.256 e. The van der Waals surface area contributed by atoms with Gasteiger partial charge in [0.2, 0.25) is 0 Å². The molecule has 80 valence electrons. The monoisotopic (exact) mass is 228 g/mol. The number of hydrogen-bond acceptors (Lipinski definition) is 3. The molecule has 0 amide bonds. The number of rotatable bonds is 2. The summed E-state index contributed by atoms with van der Waals surface area (Å²) in [6.45, 7) is 4.18. The summed E-state index contributed by atoms with van der Waals surface area (Å²) in [4.78, 5) is 5.55. The van der Waals surface area contributed by atoms with Crippen molar-refractivity contribution in [1.29, 1.82) is 5.26 Å². The van der Waals surface area contributed by atoms with Gasteiger partial charge in [-0.1, -0.05) is 12.1 Å². The smallest absolute Gasteiger partial charge is 0.0855 e. The Bertz CT molecular complexity index is 570. The third-order valence-electron chi connectivity index (χ3n) is 2.69. The highest BCUT2D eigenvalue weighted by atomic mass is 32.2. The summed E-state index contributed by atoms with van der Waals surface area (Å²) in [6.07, 6.45) is 1.81.